The molecule has 1 aromatic carbocycles. The molecule has 106 valence electrons. The number of benzene rings is 1. The first kappa shape index (κ1) is 14.0. The van der Waals surface area contributed by atoms with Gasteiger partial charge in [-0.1, -0.05) is 19.8 Å². The molecule has 0 unspecified atom stereocenters. The normalized spacial score (nSPS) is 22.9. The SMILES string of the molecule is COc1ccc(NCC2CCC(C)CC2)c(OC)c1. The summed E-state index contributed by atoms with van der Waals surface area (Å²) in [6.07, 6.45) is 5.41. The molecule has 19 heavy (non-hydrogen) atoms. The summed E-state index contributed by atoms with van der Waals surface area (Å²) >= 11 is 0. The van der Waals surface area contributed by atoms with Gasteiger partial charge < -0.3 is 14.8 Å². The Balaban J connectivity index is 1.91. The molecule has 0 amide bonds. The van der Waals surface area contributed by atoms with E-state index in [0.29, 0.717) is 0 Å². The monoisotopic (exact) mass is 263 g/mol. The number of hydrogen-bond donors (Lipinski definition) is 1. The quantitative estimate of drug-likeness (QED) is 0.872. The Labute approximate surface area is 116 Å². The second kappa shape index (κ2) is 6.69. The fourth-order valence-corrected chi connectivity index (χ4v) is 2.73. The Morgan fingerprint density at radius 3 is 2.47 bits per heavy atom. The second-order valence-electron chi connectivity index (χ2n) is 5.57. The van der Waals surface area contributed by atoms with Crippen LogP contribution >= 0.6 is 0 Å². The Kier molecular flexibility index (Phi) is 4.94. The van der Waals surface area contributed by atoms with E-state index in [0.717, 1.165) is 35.6 Å². The van der Waals surface area contributed by atoms with Crippen LogP contribution in [-0.4, -0.2) is 20.8 Å². The van der Waals surface area contributed by atoms with Crippen molar-refractivity contribution in [2.24, 2.45) is 11.8 Å². The van der Waals surface area contributed by atoms with Crippen LogP contribution in [0.5, 0.6) is 11.5 Å². The lowest BCUT2D eigenvalue weighted by Crippen LogP contribution is -2.20. The average molecular weight is 263 g/mol. The molecule has 0 saturated heterocycles. The van der Waals surface area contributed by atoms with E-state index in [-0.39, 0.29) is 0 Å². The summed E-state index contributed by atoms with van der Waals surface area (Å²) < 4.78 is 10.6. The van der Waals surface area contributed by atoms with Gasteiger partial charge in [-0.3, -0.25) is 0 Å². The van der Waals surface area contributed by atoms with Gasteiger partial charge in [0.05, 0.1) is 19.9 Å². The maximum Gasteiger partial charge on any atom is 0.145 e. The van der Waals surface area contributed by atoms with Crippen molar-refractivity contribution in [3.63, 3.8) is 0 Å². The molecule has 0 heterocycles. The molecule has 1 aliphatic carbocycles. The third-order valence-electron chi connectivity index (χ3n) is 4.13. The largest absolute Gasteiger partial charge is 0.497 e. The van der Waals surface area contributed by atoms with Gasteiger partial charge in [0.1, 0.15) is 11.5 Å². The molecular formula is C16H25NO2. The molecule has 3 heteroatoms. The second-order valence-corrected chi connectivity index (χ2v) is 5.57. The number of hydrogen-bond acceptors (Lipinski definition) is 3. The Hall–Kier alpha value is -1.38. The van der Waals surface area contributed by atoms with E-state index in [1.165, 1.54) is 25.7 Å². The smallest absolute Gasteiger partial charge is 0.145 e. The van der Waals surface area contributed by atoms with Crippen molar-refractivity contribution < 1.29 is 9.47 Å². The molecular weight excluding hydrogens is 238 g/mol. The van der Waals surface area contributed by atoms with E-state index in [2.05, 4.69) is 12.2 Å². The van der Waals surface area contributed by atoms with E-state index in [1.54, 1.807) is 14.2 Å². The molecule has 1 saturated carbocycles. The van der Waals surface area contributed by atoms with E-state index in [1.807, 2.05) is 18.2 Å². The van der Waals surface area contributed by atoms with Gasteiger partial charge in [-0.25, -0.2) is 0 Å². The van der Waals surface area contributed by atoms with Crippen molar-refractivity contribution >= 4 is 5.69 Å². The molecule has 1 N–H and O–H groups in total. The maximum atomic E-state index is 5.40. The van der Waals surface area contributed by atoms with Gasteiger partial charge in [0.25, 0.3) is 0 Å². The van der Waals surface area contributed by atoms with Crippen molar-refractivity contribution in [3.8, 4) is 11.5 Å². The first-order valence-corrected chi connectivity index (χ1v) is 7.18. The minimum absolute atomic E-state index is 0.794. The number of nitrogens with one attached hydrogen (secondary N) is 1. The third kappa shape index (κ3) is 3.79. The van der Waals surface area contributed by atoms with E-state index in [4.69, 9.17) is 9.47 Å². The number of rotatable bonds is 5. The van der Waals surface area contributed by atoms with Crippen LogP contribution in [0.4, 0.5) is 5.69 Å². The number of anilines is 1. The van der Waals surface area contributed by atoms with Crippen LogP contribution in [0.2, 0.25) is 0 Å². The number of ether oxygens (including phenoxy) is 2. The van der Waals surface area contributed by atoms with Crippen LogP contribution < -0.4 is 14.8 Å². The third-order valence-corrected chi connectivity index (χ3v) is 4.13. The van der Waals surface area contributed by atoms with Gasteiger partial charge in [-0.15, -0.1) is 0 Å². The van der Waals surface area contributed by atoms with Gasteiger partial charge in [-0.05, 0) is 36.8 Å². The topological polar surface area (TPSA) is 30.5 Å². The molecule has 3 nitrogen and oxygen atoms in total. The van der Waals surface area contributed by atoms with Gasteiger partial charge in [0.2, 0.25) is 0 Å². The summed E-state index contributed by atoms with van der Waals surface area (Å²) in [7, 11) is 3.37. The van der Waals surface area contributed by atoms with Crippen molar-refractivity contribution in [2.45, 2.75) is 32.6 Å². The molecule has 0 radical (unpaired) electrons. The molecule has 1 aromatic rings. The van der Waals surface area contributed by atoms with Crippen LogP contribution in [0, 0.1) is 11.8 Å². The zero-order valence-corrected chi connectivity index (χ0v) is 12.2. The fourth-order valence-electron chi connectivity index (χ4n) is 2.73. The summed E-state index contributed by atoms with van der Waals surface area (Å²) in [5.41, 5.74) is 1.06. The van der Waals surface area contributed by atoms with Crippen LogP contribution in [0.15, 0.2) is 18.2 Å². The van der Waals surface area contributed by atoms with Gasteiger partial charge >= 0.3 is 0 Å². The zero-order valence-electron chi connectivity index (χ0n) is 12.2. The molecule has 0 aromatic heterocycles. The summed E-state index contributed by atoms with van der Waals surface area (Å²) in [6.45, 7) is 3.39. The minimum Gasteiger partial charge on any atom is -0.497 e. The summed E-state index contributed by atoms with van der Waals surface area (Å²) in [5, 5.41) is 3.52. The first-order valence-electron chi connectivity index (χ1n) is 7.18. The molecule has 1 aliphatic rings. The van der Waals surface area contributed by atoms with Crippen LogP contribution in [-0.2, 0) is 0 Å². The van der Waals surface area contributed by atoms with E-state index >= 15 is 0 Å². The summed E-state index contributed by atoms with van der Waals surface area (Å²) in [6, 6.07) is 5.92. The van der Waals surface area contributed by atoms with Crippen LogP contribution in [0.25, 0.3) is 0 Å². The molecule has 0 spiro atoms. The Morgan fingerprint density at radius 2 is 1.84 bits per heavy atom. The fraction of sp³-hybridized carbons (Fsp3) is 0.625. The standard InChI is InChI=1S/C16H25NO2/c1-12-4-6-13(7-5-12)11-17-15-9-8-14(18-2)10-16(15)19-3/h8-10,12-13,17H,4-7,11H2,1-3H3. The minimum atomic E-state index is 0.794. The molecule has 0 bridgehead atoms. The van der Waals surface area contributed by atoms with Crippen molar-refractivity contribution in [2.75, 3.05) is 26.1 Å². The summed E-state index contributed by atoms with van der Waals surface area (Å²) in [5.74, 6) is 3.38. The molecule has 1 fully saturated rings. The highest BCUT2D eigenvalue weighted by Gasteiger charge is 2.18. The molecule has 2 rings (SSSR count). The first-order chi connectivity index (χ1) is 9.22. The molecule has 0 aliphatic heterocycles. The highest BCUT2D eigenvalue weighted by molar-refractivity contribution is 5.59. The average Bonchev–Trinajstić information content (AvgIpc) is 2.46. The Morgan fingerprint density at radius 1 is 1.11 bits per heavy atom. The predicted molar refractivity (Wildman–Crippen MR) is 79.2 cm³/mol. The lowest BCUT2D eigenvalue weighted by molar-refractivity contribution is 0.300. The molecule has 0 atom stereocenters. The zero-order chi connectivity index (χ0) is 13.7. The van der Waals surface area contributed by atoms with Crippen molar-refractivity contribution in [1.82, 2.24) is 0 Å². The lowest BCUT2D eigenvalue weighted by atomic mass is 9.83. The lowest BCUT2D eigenvalue weighted by Gasteiger charge is -2.26. The predicted octanol–water partition coefficient (Wildman–Crippen LogP) is 3.94. The summed E-state index contributed by atoms with van der Waals surface area (Å²) in [4.78, 5) is 0. The van der Waals surface area contributed by atoms with Crippen molar-refractivity contribution in [3.05, 3.63) is 18.2 Å². The van der Waals surface area contributed by atoms with E-state index in [9.17, 15) is 0 Å². The van der Waals surface area contributed by atoms with Gasteiger partial charge in [-0.2, -0.15) is 0 Å². The maximum absolute atomic E-state index is 5.40. The van der Waals surface area contributed by atoms with Crippen LogP contribution in [0.1, 0.15) is 32.6 Å². The Bertz CT molecular complexity index is 398. The highest BCUT2D eigenvalue weighted by atomic mass is 16.5. The number of methoxy groups -OCH3 is 2. The van der Waals surface area contributed by atoms with Gasteiger partial charge in [0.15, 0.2) is 0 Å². The van der Waals surface area contributed by atoms with Crippen LogP contribution in [0.3, 0.4) is 0 Å². The van der Waals surface area contributed by atoms with E-state index < -0.39 is 0 Å². The van der Waals surface area contributed by atoms with Crippen molar-refractivity contribution in [1.29, 1.82) is 0 Å². The van der Waals surface area contributed by atoms with Gasteiger partial charge in [0, 0.05) is 12.6 Å². The highest BCUT2D eigenvalue weighted by Crippen LogP contribution is 2.31.